The zero-order valence-electron chi connectivity index (χ0n) is 34.3. The maximum Gasteiger partial charge on any atom is 0.340 e. The zero-order chi connectivity index (χ0) is 39.8. The Kier molecular flexibility index (Phi) is 6.49. The number of benzene rings is 5. The maximum absolute atomic E-state index is 16.0. The standard InChI is InChI=1S/C52H43B2N3O3/c1-52(2,3)28-29-26-38-46-39(27-29)54(37-23-13-17-31-15-5-7-19-33(31)37)43-48-45(35-21-9-11-25-41(35)60-48)57-50(43)55(46)49-42(53(38)36-22-12-16-30-14-4-6-18-32(30)36)47-44(56(49)51(57)58)34-20-8-10-24-40(34)59-47/h8-13,16-17,20-27H,4-7,14-15,18-19,28H2,1-3H3. The van der Waals surface area contributed by atoms with Crippen LogP contribution < -0.4 is 38.5 Å². The minimum Gasteiger partial charge on any atom is -0.455 e. The Morgan fingerprint density at radius 3 is 1.57 bits per heavy atom. The summed E-state index contributed by atoms with van der Waals surface area (Å²) in [5.74, 6) is 0. The van der Waals surface area contributed by atoms with E-state index in [1.807, 2.05) is 33.1 Å². The van der Waals surface area contributed by atoms with Gasteiger partial charge in [0.15, 0.2) is 11.2 Å². The molecule has 0 unspecified atom stereocenters. The van der Waals surface area contributed by atoms with Crippen LogP contribution in [0.25, 0.3) is 61.1 Å². The van der Waals surface area contributed by atoms with E-state index in [0.29, 0.717) is 0 Å². The van der Waals surface area contributed by atoms with E-state index < -0.39 is 0 Å². The minimum atomic E-state index is -0.132. The van der Waals surface area contributed by atoms with Crippen LogP contribution >= 0.6 is 0 Å². The van der Waals surface area contributed by atoms with E-state index in [2.05, 4.69) is 98.1 Å². The fraction of sp³-hybridized carbons (Fsp3) is 0.250. The predicted molar refractivity (Wildman–Crippen MR) is 247 cm³/mol. The van der Waals surface area contributed by atoms with Gasteiger partial charge in [-0.3, -0.25) is 4.57 Å². The van der Waals surface area contributed by atoms with Crippen LogP contribution in [0.5, 0.6) is 0 Å². The van der Waals surface area contributed by atoms with Gasteiger partial charge in [-0.25, -0.2) is 13.6 Å². The molecule has 8 heteroatoms. The Hall–Kier alpha value is -6.14. The highest BCUT2D eigenvalue weighted by Gasteiger charge is 2.48. The van der Waals surface area contributed by atoms with Gasteiger partial charge in [-0.1, -0.05) is 104 Å². The van der Waals surface area contributed by atoms with Crippen LogP contribution in [0, 0.1) is 5.41 Å². The van der Waals surface area contributed by atoms with Gasteiger partial charge >= 0.3 is 5.69 Å². The van der Waals surface area contributed by atoms with Gasteiger partial charge in [0, 0.05) is 27.4 Å². The molecule has 2 aliphatic carbocycles. The van der Waals surface area contributed by atoms with E-state index in [4.69, 9.17) is 8.83 Å². The molecule has 4 aliphatic rings. The van der Waals surface area contributed by atoms with Crippen molar-refractivity contribution in [2.24, 2.45) is 5.41 Å². The first kappa shape index (κ1) is 33.7. The van der Waals surface area contributed by atoms with Crippen LogP contribution in [0.1, 0.15) is 74.3 Å². The summed E-state index contributed by atoms with van der Waals surface area (Å²) in [5.41, 5.74) is 22.7. The summed E-state index contributed by atoms with van der Waals surface area (Å²) in [7, 11) is 0. The maximum atomic E-state index is 16.0. The van der Waals surface area contributed by atoms with Gasteiger partial charge in [0.2, 0.25) is 0 Å². The van der Waals surface area contributed by atoms with E-state index in [1.165, 1.54) is 81.0 Å². The molecule has 60 heavy (non-hydrogen) atoms. The molecule has 5 aromatic carbocycles. The van der Waals surface area contributed by atoms with Gasteiger partial charge in [0.1, 0.15) is 33.5 Å². The number of aromatic nitrogens is 3. The van der Waals surface area contributed by atoms with Crippen molar-refractivity contribution < 1.29 is 8.83 Å². The molecule has 5 aromatic heterocycles. The van der Waals surface area contributed by atoms with E-state index in [-0.39, 0.29) is 24.5 Å². The molecule has 290 valence electrons. The predicted octanol–water partition coefficient (Wildman–Crippen LogP) is 7.15. The SMILES string of the molecule is CC(C)(C)Cc1cc2c3c(c1)B(c1cccc4c1CCCC4)c1c4oc5ccccc5c4n4c(=O)n5c6c(oc7ccccc76)c(c5n-3c14)B2c1cccc2c1CCCC2. The normalized spacial score (nSPS) is 15.8. The van der Waals surface area contributed by atoms with E-state index >= 15 is 4.79 Å². The average Bonchev–Trinajstić information content (AvgIpc) is 4.00. The number of nitrogens with zero attached hydrogens (tertiary/aromatic N) is 3. The number of aryl methyl sites for hydroxylation is 2. The van der Waals surface area contributed by atoms with Crippen LogP contribution in [0.2, 0.25) is 0 Å². The van der Waals surface area contributed by atoms with Gasteiger partial charge in [-0.15, -0.1) is 0 Å². The Labute approximate surface area is 347 Å². The second-order valence-electron chi connectivity index (χ2n) is 19.4. The van der Waals surface area contributed by atoms with E-state index in [1.54, 1.807) is 0 Å². The Balaban J connectivity index is 1.27. The van der Waals surface area contributed by atoms with E-state index in [9.17, 15) is 0 Å². The van der Waals surface area contributed by atoms with Crippen LogP contribution in [0.4, 0.5) is 0 Å². The molecule has 14 rings (SSSR count). The number of rotatable bonds is 3. The molecular formula is C52H43B2N3O3. The van der Waals surface area contributed by atoms with Gasteiger partial charge in [0.05, 0.1) is 0 Å². The molecule has 0 N–H and O–H groups in total. The van der Waals surface area contributed by atoms with Crippen molar-refractivity contribution in [3.05, 3.63) is 135 Å². The molecule has 0 radical (unpaired) electrons. The molecule has 0 bridgehead atoms. The lowest BCUT2D eigenvalue weighted by molar-refractivity contribution is 0.411. The summed E-state index contributed by atoms with van der Waals surface area (Å²) < 4.78 is 20.6. The lowest BCUT2D eigenvalue weighted by Crippen LogP contribution is -2.65. The molecule has 0 saturated heterocycles. The van der Waals surface area contributed by atoms with Crippen molar-refractivity contribution >= 4 is 102 Å². The fourth-order valence-corrected chi connectivity index (χ4v) is 12.6. The third-order valence-corrected chi connectivity index (χ3v) is 14.7. The fourth-order valence-electron chi connectivity index (χ4n) is 12.6. The number of furan rings is 2. The molecule has 0 saturated carbocycles. The van der Waals surface area contributed by atoms with Crippen LogP contribution in [-0.4, -0.2) is 26.8 Å². The van der Waals surface area contributed by atoms with Gasteiger partial charge in [-0.2, -0.15) is 0 Å². The summed E-state index contributed by atoms with van der Waals surface area (Å²) in [6.07, 6.45) is 10.1. The molecule has 0 atom stereocenters. The quantitative estimate of drug-likeness (QED) is 0.179. The molecule has 6 nitrogen and oxygen atoms in total. The Bertz CT molecular complexity index is 3400. The first-order valence-electron chi connectivity index (χ1n) is 22.2. The third kappa shape index (κ3) is 4.19. The zero-order valence-corrected chi connectivity index (χ0v) is 34.3. The average molecular weight is 780 g/mol. The summed E-state index contributed by atoms with van der Waals surface area (Å²) in [4.78, 5) is 16.0. The molecule has 10 aromatic rings. The van der Waals surface area contributed by atoms with Crippen molar-refractivity contribution in [3.63, 3.8) is 0 Å². The van der Waals surface area contributed by atoms with Crippen molar-refractivity contribution in [1.29, 1.82) is 0 Å². The summed E-state index contributed by atoms with van der Waals surface area (Å²) >= 11 is 0. The van der Waals surface area contributed by atoms with Crippen LogP contribution in [-0.2, 0) is 32.1 Å². The van der Waals surface area contributed by atoms with Crippen LogP contribution in [0.3, 0.4) is 0 Å². The van der Waals surface area contributed by atoms with Gasteiger partial charge in [-0.05, 0) is 126 Å². The Morgan fingerprint density at radius 2 is 1.07 bits per heavy atom. The molecule has 0 spiro atoms. The lowest BCUT2D eigenvalue weighted by atomic mass is 9.30. The Morgan fingerprint density at radius 1 is 0.583 bits per heavy atom. The lowest BCUT2D eigenvalue weighted by Gasteiger charge is -2.36. The summed E-state index contributed by atoms with van der Waals surface area (Å²) in [6, 6.07) is 35.6. The summed E-state index contributed by atoms with van der Waals surface area (Å²) in [5, 5.41) is 1.91. The van der Waals surface area contributed by atoms with E-state index in [0.717, 1.165) is 98.5 Å². The smallest absolute Gasteiger partial charge is 0.340 e. The third-order valence-electron chi connectivity index (χ3n) is 14.7. The highest BCUT2D eigenvalue weighted by Crippen LogP contribution is 2.38. The van der Waals surface area contributed by atoms with Crippen LogP contribution in [0.15, 0.2) is 111 Å². The number of hydrogen-bond donors (Lipinski definition) is 0. The molecule has 0 amide bonds. The minimum absolute atomic E-state index is 0.0611. The largest absolute Gasteiger partial charge is 0.455 e. The second kappa shape index (κ2) is 11.6. The highest BCUT2D eigenvalue weighted by molar-refractivity contribution is 7.03. The highest BCUT2D eigenvalue weighted by atomic mass is 16.3. The first-order chi connectivity index (χ1) is 29.3. The molecule has 2 aliphatic heterocycles. The monoisotopic (exact) mass is 779 g/mol. The molecular weight excluding hydrogens is 736 g/mol. The number of fused-ring (bicyclic) bond motifs is 12. The molecule has 0 fully saturated rings. The first-order valence-corrected chi connectivity index (χ1v) is 22.2. The van der Waals surface area contributed by atoms with Crippen molar-refractivity contribution in [3.8, 4) is 5.69 Å². The van der Waals surface area contributed by atoms with Gasteiger partial charge < -0.3 is 8.83 Å². The second-order valence-corrected chi connectivity index (χ2v) is 19.4. The number of para-hydroxylation sites is 2. The molecule has 7 heterocycles. The summed E-state index contributed by atoms with van der Waals surface area (Å²) in [6.45, 7) is 6.81. The topological polar surface area (TPSA) is 57.1 Å². The van der Waals surface area contributed by atoms with Gasteiger partial charge in [0.25, 0.3) is 13.4 Å². The van der Waals surface area contributed by atoms with Crippen molar-refractivity contribution in [2.75, 3.05) is 0 Å². The van der Waals surface area contributed by atoms with Crippen molar-refractivity contribution in [1.82, 2.24) is 13.4 Å². The van der Waals surface area contributed by atoms with Crippen molar-refractivity contribution in [2.45, 2.75) is 78.6 Å². The number of hydrogen-bond acceptors (Lipinski definition) is 3.